The van der Waals surface area contributed by atoms with Crippen LogP contribution in [-0.2, 0) is 9.59 Å². The van der Waals surface area contributed by atoms with Gasteiger partial charge in [-0.3, -0.25) is 14.4 Å². The number of hydrogen-bond acceptors (Lipinski definition) is 3. The number of rotatable bonds is 3. The lowest BCUT2D eigenvalue weighted by molar-refractivity contribution is -0.157. The van der Waals surface area contributed by atoms with Crippen molar-refractivity contribution in [1.29, 1.82) is 0 Å². The van der Waals surface area contributed by atoms with Crippen LogP contribution in [0.25, 0.3) is 0 Å². The Kier molecular flexibility index (Phi) is 4.94. The van der Waals surface area contributed by atoms with Gasteiger partial charge in [0, 0.05) is 26.2 Å². The number of carbonyl (C=O) groups excluding carboxylic acids is 2. The highest BCUT2D eigenvalue weighted by Gasteiger charge is 2.43. The summed E-state index contributed by atoms with van der Waals surface area (Å²) in [5.74, 6) is -3.36. The van der Waals surface area contributed by atoms with Crippen molar-refractivity contribution in [2.75, 3.05) is 26.2 Å². The second-order valence-corrected chi connectivity index (χ2v) is 6.75. The number of nitrogens with zero attached hydrogens (tertiary/aromatic N) is 2. The molecule has 1 saturated carbocycles. The van der Waals surface area contributed by atoms with E-state index in [2.05, 4.69) is 0 Å². The van der Waals surface area contributed by atoms with Crippen molar-refractivity contribution in [2.45, 2.75) is 12.8 Å². The average molecular weight is 369 g/mol. The normalized spacial score (nSPS) is 23.1. The molecule has 1 aliphatic carbocycles. The van der Waals surface area contributed by atoms with Gasteiger partial charge in [0.05, 0.1) is 22.4 Å². The van der Waals surface area contributed by atoms with E-state index in [4.69, 9.17) is 16.7 Å². The van der Waals surface area contributed by atoms with E-state index < -0.39 is 29.5 Å². The Morgan fingerprint density at radius 3 is 2.16 bits per heavy atom. The van der Waals surface area contributed by atoms with Crippen LogP contribution in [-0.4, -0.2) is 58.9 Å². The van der Waals surface area contributed by atoms with Crippen molar-refractivity contribution in [3.05, 3.63) is 34.6 Å². The molecule has 6 nitrogen and oxygen atoms in total. The minimum Gasteiger partial charge on any atom is -0.481 e. The third-order valence-corrected chi connectivity index (χ3v) is 5.28. The van der Waals surface area contributed by atoms with Crippen LogP contribution in [0.4, 0.5) is 4.39 Å². The first-order chi connectivity index (χ1) is 11.9. The molecule has 0 bridgehead atoms. The zero-order valence-electron chi connectivity index (χ0n) is 13.5. The molecule has 2 fully saturated rings. The number of benzene rings is 1. The van der Waals surface area contributed by atoms with E-state index in [9.17, 15) is 18.8 Å². The monoisotopic (exact) mass is 368 g/mol. The average Bonchev–Trinajstić information content (AvgIpc) is 2.53. The fourth-order valence-electron chi connectivity index (χ4n) is 3.32. The number of carboxylic acids is 1. The Labute approximate surface area is 149 Å². The van der Waals surface area contributed by atoms with Crippen LogP contribution in [0.3, 0.4) is 0 Å². The molecule has 2 atom stereocenters. The van der Waals surface area contributed by atoms with Gasteiger partial charge in [-0.15, -0.1) is 0 Å². The lowest BCUT2D eigenvalue weighted by atomic mass is 9.73. The smallest absolute Gasteiger partial charge is 0.307 e. The molecule has 1 N–H and O–H groups in total. The topological polar surface area (TPSA) is 77.9 Å². The first-order valence-electron chi connectivity index (χ1n) is 8.15. The quantitative estimate of drug-likeness (QED) is 0.883. The van der Waals surface area contributed by atoms with Gasteiger partial charge in [-0.2, -0.15) is 0 Å². The van der Waals surface area contributed by atoms with Crippen LogP contribution >= 0.6 is 11.6 Å². The van der Waals surface area contributed by atoms with E-state index in [0.29, 0.717) is 25.9 Å². The Balaban J connectivity index is 1.61. The molecule has 2 aliphatic rings. The number of amides is 2. The predicted octanol–water partition coefficient (Wildman–Crippen LogP) is 1.87. The number of hydrogen-bond donors (Lipinski definition) is 1. The van der Waals surface area contributed by atoms with Crippen molar-refractivity contribution in [1.82, 2.24) is 9.80 Å². The van der Waals surface area contributed by atoms with Crippen molar-refractivity contribution >= 4 is 29.4 Å². The molecule has 8 heteroatoms. The third-order valence-electron chi connectivity index (χ3n) is 4.96. The molecule has 1 aliphatic heterocycles. The maximum atomic E-state index is 13.9. The summed E-state index contributed by atoms with van der Waals surface area (Å²) < 4.78 is 13.9. The highest BCUT2D eigenvalue weighted by atomic mass is 35.5. The molecule has 1 saturated heterocycles. The van der Waals surface area contributed by atoms with E-state index in [0.717, 1.165) is 0 Å². The summed E-state index contributed by atoms with van der Waals surface area (Å²) in [6, 6.07) is 4.07. The van der Waals surface area contributed by atoms with Crippen molar-refractivity contribution < 1.29 is 23.9 Å². The molecule has 1 heterocycles. The number of halogens is 2. The molecule has 1 aromatic carbocycles. The van der Waals surface area contributed by atoms with Crippen molar-refractivity contribution in [3.63, 3.8) is 0 Å². The minimum atomic E-state index is -0.937. The Morgan fingerprint density at radius 2 is 1.64 bits per heavy atom. The molecular weight excluding hydrogens is 351 g/mol. The van der Waals surface area contributed by atoms with Crippen LogP contribution in [0.2, 0.25) is 5.02 Å². The summed E-state index contributed by atoms with van der Waals surface area (Å²) in [6.07, 6.45) is 1.11. The highest BCUT2D eigenvalue weighted by Crippen LogP contribution is 2.36. The summed E-state index contributed by atoms with van der Waals surface area (Å²) in [7, 11) is 0. The molecule has 2 unspecified atom stereocenters. The summed E-state index contributed by atoms with van der Waals surface area (Å²) in [6.45, 7) is 1.14. The largest absolute Gasteiger partial charge is 0.481 e. The van der Waals surface area contributed by atoms with E-state index in [1.54, 1.807) is 4.90 Å². The molecular formula is C17H18ClFN2O4. The highest BCUT2D eigenvalue weighted by molar-refractivity contribution is 6.33. The fraction of sp³-hybridized carbons (Fsp3) is 0.471. The molecule has 134 valence electrons. The maximum Gasteiger partial charge on any atom is 0.307 e. The van der Waals surface area contributed by atoms with Gasteiger partial charge >= 0.3 is 5.97 Å². The van der Waals surface area contributed by atoms with E-state index in [1.807, 2.05) is 0 Å². The zero-order valence-corrected chi connectivity index (χ0v) is 14.2. The first-order valence-corrected chi connectivity index (χ1v) is 8.53. The second-order valence-electron chi connectivity index (χ2n) is 6.34. The molecule has 0 aromatic heterocycles. The van der Waals surface area contributed by atoms with Gasteiger partial charge in [-0.1, -0.05) is 17.7 Å². The predicted molar refractivity (Wildman–Crippen MR) is 87.7 cm³/mol. The molecule has 0 spiro atoms. The van der Waals surface area contributed by atoms with E-state index >= 15 is 0 Å². The zero-order chi connectivity index (χ0) is 18.1. The molecule has 25 heavy (non-hydrogen) atoms. The van der Waals surface area contributed by atoms with Gasteiger partial charge in [-0.25, -0.2) is 4.39 Å². The maximum absolute atomic E-state index is 13.9. The summed E-state index contributed by atoms with van der Waals surface area (Å²) in [5, 5.41) is 9.13. The number of carboxylic acid groups (broad SMARTS) is 1. The second kappa shape index (κ2) is 7.00. The van der Waals surface area contributed by atoms with Crippen LogP contribution in [0.5, 0.6) is 0 Å². The van der Waals surface area contributed by atoms with Gasteiger partial charge in [0.1, 0.15) is 5.82 Å². The van der Waals surface area contributed by atoms with Gasteiger partial charge in [0.2, 0.25) is 5.91 Å². The van der Waals surface area contributed by atoms with E-state index in [-0.39, 0.29) is 29.6 Å². The van der Waals surface area contributed by atoms with Crippen LogP contribution in [0.1, 0.15) is 23.2 Å². The Bertz CT molecular complexity index is 698. The van der Waals surface area contributed by atoms with Crippen LogP contribution in [0, 0.1) is 17.7 Å². The SMILES string of the molecule is O=C(O)C1CCC1C(=O)N1CCN(C(=O)c2c(F)cccc2Cl)CC1. The van der Waals surface area contributed by atoms with Gasteiger partial charge < -0.3 is 14.9 Å². The fourth-order valence-corrected chi connectivity index (χ4v) is 3.56. The van der Waals surface area contributed by atoms with Gasteiger partial charge in [0.25, 0.3) is 5.91 Å². The molecule has 0 radical (unpaired) electrons. The van der Waals surface area contributed by atoms with Gasteiger partial charge in [0.15, 0.2) is 0 Å². The molecule has 1 aromatic rings. The van der Waals surface area contributed by atoms with Crippen LogP contribution in [0.15, 0.2) is 18.2 Å². The summed E-state index contributed by atoms with van der Waals surface area (Å²) >= 11 is 5.93. The minimum absolute atomic E-state index is 0.0577. The number of piperazine rings is 1. The first kappa shape index (κ1) is 17.7. The third kappa shape index (κ3) is 3.33. The lowest BCUT2D eigenvalue weighted by Gasteiger charge is -2.40. The Morgan fingerprint density at radius 1 is 1.04 bits per heavy atom. The van der Waals surface area contributed by atoms with E-state index in [1.165, 1.54) is 23.1 Å². The van der Waals surface area contributed by atoms with Crippen molar-refractivity contribution in [2.24, 2.45) is 11.8 Å². The van der Waals surface area contributed by atoms with Gasteiger partial charge in [-0.05, 0) is 25.0 Å². The standard InChI is InChI=1S/C17H18ClFN2O4/c18-12-2-1-3-13(19)14(12)16(23)21-8-6-20(7-9-21)15(22)10-4-5-11(10)17(24)25/h1-3,10-11H,4-9H2,(H,24,25). The summed E-state index contributed by atoms with van der Waals surface area (Å²) in [4.78, 5) is 39.0. The number of carbonyl (C=O) groups is 3. The number of aliphatic carboxylic acids is 1. The van der Waals surface area contributed by atoms with Crippen LogP contribution < -0.4 is 0 Å². The molecule has 2 amide bonds. The summed E-state index contributed by atoms with van der Waals surface area (Å²) in [5.41, 5.74) is -0.158. The Hall–Kier alpha value is -2.15. The lowest BCUT2D eigenvalue weighted by Crippen LogP contribution is -2.54. The molecule has 3 rings (SSSR count). The van der Waals surface area contributed by atoms with Crippen molar-refractivity contribution in [3.8, 4) is 0 Å².